The Morgan fingerprint density at radius 2 is 2.24 bits per heavy atom. The van der Waals surface area contributed by atoms with Gasteiger partial charge >= 0.3 is 0 Å². The first kappa shape index (κ1) is 11.5. The van der Waals surface area contributed by atoms with Gasteiger partial charge in [-0.1, -0.05) is 29.6 Å². The lowest BCUT2D eigenvalue weighted by Crippen LogP contribution is -2.15. The highest BCUT2D eigenvalue weighted by Crippen LogP contribution is 2.22. The molecule has 0 aliphatic carbocycles. The van der Waals surface area contributed by atoms with Crippen molar-refractivity contribution in [3.8, 4) is 0 Å². The molecular formula is C11H13N5S. The molecule has 0 atom stereocenters. The highest BCUT2D eigenvalue weighted by molar-refractivity contribution is 7.80. The number of benzene rings is 1. The van der Waals surface area contributed by atoms with Gasteiger partial charge in [0, 0.05) is 25.3 Å². The van der Waals surface area contributed by atoms with Crippen LogP contribution in [0.3, 0.4) is 0 Å². The van der Waals surface area contributed by atoms with E-state index in [0.717, 1.165) is 17.1 Å². The molecular weight excluding hydrogens is 234 g/mol. The Morgan fingerprint density at radius 1 is 1.47 bits per heavy atom. The van der Waals surface area contributed by atoms with Crippen LogP contribution in [0.15, 0.2) is 30.5 Å². The molecule has 88 valence electrons. The Labute approximate surface area is 105 Å². The van der Waals surface area contributed by atoms with Crippen molar-refractivity contribution in [3.63, 3.8) is 0 Å². The first-order chi connectivity index (χ1) is 8.09. The topological polar surface area (TPSA) is 60.0 Å². The highest BCUT2D eigenvalue weighted by atomic mass is 32.1. The minimum atomic E-state index is 0.392. The normalized spacial score (nSPS) is 10.2. The van der Waals surface area contributed by atoms with Crippen molar-refractivity contribution in [2.24, 2.45) is 12.8 Å². The smallest absolute Gasteiger partial charge is 0.151 e. The van der Waals surface area contributed by atoms with Crippen molar-refractivity contribution < 1.29 is 0 Å². The minimum Gasteiger partial charge on any atom is -0.389 e. The summed E-state index contributed by atoms with van der Waals surface area (Å²) in [4.78, 5) is 2.37. The van der Waals surface area contributed by atoms with Crippen LogP contribution >= 0.6 is 12.2 Å². The van der Waals surface area contributed by atoms with Crippen molar-refractivity contribution in [2.45, 2.75) is 0 Å². The van der Waals surface area contributed by atoms with Gasteiger partial charge in [0.2, 0.25) is 0 Å². The molecule has 5 nitrogen and oxygen atoms in total. The number of aryl methyl sites for hydroxylation is 1. The number of nitrogens with zero attached hydrogens (tertiary/aromatic N) is 4. The predicted molar refractivity (Wildman–Crippen MR) is 71.4 cm³/mol. The third-order valence-corrected chi connectivity index (χ3v) is 2.79. The summed E-state index contributed by atoms with van der Waals surface area (Å²) >= 11 is 4.96. The maximum Gasteiger partial charge on any atom is 0.151 e. The molecule has 0 amide bonds. The molecule has 0 spiro atoms. The van der Waals surface area contributed by atoms with E-state index >= 15 is 0 Å². The largest absolute Gasteiger partial charge is 0.389 e. The van der Waals surface area contributed by atoms with E-state index in [9.17, 15) is 0 Å². The SMILES string of the molecule is CN(c1cccc(C(N)=S)c1)c1cnnn1C. The van der Waals surface area contributed by atoms with Crippen molar-refractivity contribution >= 4 is 28.7 Å². The van der Waals surface area contributed by atoms with E-state index in [1.165, 1.54) is 0 Å². The van der Waals surface area contributed by atoms with E-state index in [1.807, 2.05) is 43.3 Å². The Balaban J connectivity index is 2.37. The Kier molecular flexibility index (Phi) is 3.06. The second-order valence-electron chi connectivity index (χ2n) is 3.69. The number of hydrogen-bond acceptors (Lipinski definition) is 4. The first-order valence-corrected chi connectivity index (χ1v) is 5.48. The zero-order valence-corrected chi connectivity index (χ0v) is 10.5. The molecule has 2 aromatic rings. The molecule has 2 rings (SSSR count). The van der Waals surface area contributed by atoms with Crippen LogP contribution in [-0.2, 0) is 7.05 Å². The Hall–Kier alpha value is -1.95. The number of hydrogen-bond donors (Lipinski definition) is 1. The second-order valence-corrected chi connectivity index (χ2v) is 4.13. The summed E-state index contributed by atoms with van der Waals surface area (Å²) in [6.45, 7) is 0. The molecule has 0 fully saturated rings. The van der Waals surface area contributed by atoms with Crippen LogP contribution in [-0.4, -0.2) is 27.0 Å². The fraction of sp³-hybridized carbons (Fsp3) is 0.182. The van der Waals surface area contributed by atoms with E-state index in [1.54, 1.807) is 10.9 Å². The van der Waals surface area contributed by atoms with Crippen LogP contribution in [0.4, 0.5) is 11.5 Å². The minimum absolute atomic E-state index is 0.392. The van der Waals surface area contributed by atoms with E-state index < -0.39 is 0 Å². The standard InChI is InChI=1S/C11H13N5S/c1-15(10-7-13-14-16(10)2)9-5-3-4-8(6-9)11(12)17/h3-7H,1-2H3,(H2,12,17). The quantitative estimate of drug-likeness (QED) is 0.826. The summed E-state index contributed by atoms with van der Waals surface area (Å²) in [5, 5.41) is 7.74. The van der Waals surface area contributed by atoms with Gasteiger partial charge in [-0.05, 0) is 12.1 Å². The van der Waals surface area contributed by atoms with Gasteiger partial charge in [0.25, 0.3) is 0 Å². The Bertz CT molecular complexity index is 548. The molecule has 0 bridgehead atoms. The number of nitrogens with two attached hydrogens (primary N) is 1. The molecule has 0 saturated carbocycles. The van der Waals surface area contributed by atoms with Gasteiger partial charge in [-0.15, -0.1) is 5.10 Å². The molecule has 0 radical (unpaired) electrons. The van der Waals surface area contributed by atoms with Crippen molar-refractivity contribution in [3.05, 3.63) is 36.0 Å². The van der Waals surface area contributed by atoms with Crippen LogP contribution in [0.25, 0.3) is 0 Å². The fourth-order valence-electron chi connectivity index (χ4n) is 1.59. The van der Waals surface area contributed by atoms with Crippen LogP contribution in [0.2, 0.25) is 0 Å². The lowest BCUT2D eigenvalue weighted by Gasteiger charge is -2.18. The van der Waals surface area contributed by atoms with Gasteiger partial charge in [0.1, 0.15) is 4.99 Å². The zero-order chi connectivity index (χ0) is 12.4. The lowest BCUT2D eigenvalue weighted by molar-refractivity contribution is 0.712. The number of thiocarbonyl (C=S) groups is 1. The van der Waals surface area contributed by atoms with E-state index in [0.29, 0.717) is 4.99 Å². The summed E-state index contributed by atoms with van der Waals surface area (Å²) in [6.07, 6.45) is 1.70. The third kappa shape index (κ3) is 2.26. The van der Waals surface area contributed by atoms with E-state index in [-0.39, 0.29) is 0 Å². The zero-order valence-electron chi connectivity index (χ0n) is 9.66. The fourth-order valence-corrected chi connectivity index (χ4v) is 1.72. The molecule has 0 aliphatic heterocycles. The second kappa shape index (κ2) is 4.50. The average molecular weight is 247 g/mol. The highest BCUT2D eigenvalue weighted by Gasteiger charge is 2.09. The average Bonchev–Trinajstić information content (AvgIpc) is 2.74. The summed E-state index contributed by atoms with van der Waals surface area (Å²) in [5.74, 6) is 0.894. The molecule has 1 aromatic heterocycles. The maximum atomic E-state index is 5.61. The lowest BCUT2D eigenvalue weighted by atomic mass is 10.2. The van der Waals surface area contributed by atoms with Crippen LogP contribution < -0.4 is 10.6 Å². The number of rotatable bonds is 3. The Morgan fingerprint density at radius 3 is 2.82 bits per heavy atom. The number of anilines is 2. The molecule has 2 N–H and O–H groups in total. The summed E-state index contributed by atoms with van der Waals surface area (Å²) in [5.41, 5.74) is 7.45. The van der Waals surface area contributed by atoms with Gasteiger partial charge in [0.05, 0.1) is 6.20 Å². The van der Waals surface area contributed by atoms with Crippen molar-refractivity contribution in [1.29, 1.82) is 0 Å². The van der Waals surface area contributed by atoms with Gasteiger partial charge in [-0.2, -0.15) is 0 Å². The summed E-state index contributed by atoms with van der Waals surface area (Å²) < 4.78 is 1.70. The summed E-state index contributed by atoms with van der Waals surface area (Å²) in [6, 6.07) is 7.73. The van der Waals surface area contributed by atoms with Gasteiger partial charge < -0.3 is 10.6 Å². The van der Waals surface area contributed by atoms with E-state index in [4.69, 9.17) is 18.0 Å². The predicted octanol–water partition coefficient (Wildman–Crippen LogP) is 1.22. The molecule has 17 heavy (non-hydrogen) atoms. The van der Waals surface area contributed by atoms with Crippen LogP contribution in [0.5, 0.6) is 0 Å². The monoisotopic (exact) mass is 247 g/mol. The molecule has 0 unspecified atom stereocenters. The maximum absolute atomic E-state index is 5.61. The molecule has 1 heterocycles. The molecule has 6 heteroatoms. The molecule has 0 saturated heterocycles. The van der Waals surface area contributed by atoms with Gasteiger partial charge in [-0.25, -0.2) is 4.68 Å². The number of aromatic nitrogens is 3. The first-order valence-electron chi connectivity index (χ1n) is 5.08. The van der Waals surface area contributed by atoms with Gasteiger partial charge in [0.15, 0.2) is 5.82 Å². The van der Waals surface area contributed by atoms with Crippen molar-refractivity contribution in [2.75, 3.05) is 11.9 Å². The van der Waals surface area contributed by atoms with E-state index in [2.05, 4.69) is 10.3 Å². The molecule has 0 aliphatic rings. The van der Waals surface area contributed by atoms with Crippen LogP contribution in [0.1, 0.15) is 5.56 Å². The third-order valence-electron chi connectivity index (χ3n) is 2.55. The van der Waals surface area contributed by atoms with Crippen molar-refractivity contribution in [1.82, 2.24) is 15.0 Å². The van der Waals surface area contributed by atoms with Gasteiger partial charge in [-0.3, -0.25) is 0 Å². The summed E-state index contributed by atoms with van der Waals surface area (Å²) in [7, 11) is 3.79. The van der Waals surface area contributed by atoms with Crippen LogP contribution in [0, 0.1) is 0 Å². The molecule has 1 aromatic carbocycles.